The number of nitrogens with one attached hydrogen (secondary N) is 1. The van der Waals surface area contributed by atoms with Gasteiger partial charge in [-0.15, -0.1) is 0 Å². The fourth-order valence-electron chi connectivity index (χ4n) is 1.98. The van der Waals surface area contributed by atoms with Gasteiger partial charge in [-0.25, -0.2) is 13.1 Å². The van der Waals surface area contributed by atoms with Crippen LogP contribution in [0.2, 0.25) is 5.02 Å². The Morgan fingerprint density at radius 1 is 1.45 bits per heavy atom. The van der Waals surface area contributed by atoms with Crippen molar-refractivity contribution in [2.24, 2.45) is 5.92 Å². The SMILES string of the molecule is O=[N+]([O-])c1ccc(Cl)c(S(=O)(=O)NCC2CC(O)C2)c1. The van der Waals surface area contributed by atoms with Crippen LogP contribution in [-0.2, 0) is 10.0 Å². The molecule has 1 saturated carbocycles. The Kier molecular flexibility index (Phi) is 4.28. The predicted molar refractivity (Wildman–Crippen MR) is 72.0 cm³/mol. The topological polar surface area (TPSA) is 110 Å². The highest BCUT2D eigenvalue weighted by Gasteiger charge is 2.29. The van der Waals surface area contributed by atoms with Gasteiger partial charge in [-0.3, -0.25) is 10.1 Å². The molecule has 9 heteroatoms. The smallest absolute Gasteiger partial charge is 0.270 e. The summed E-state index contributed by atoms with van der Waals surface area (Å²) in [5.41, 5.74) is -0.339. The molecule has 0 aliphatic heterocycles. The van der Waals surface area contributed by atoms with Crippen molar-refractivity contribution in [1.29, 1.82) is 0 Å². The quantitative estimate of drug-likeness (QED) is 0.627. The van der Waals surface area contributed by atoms with E-state index in [9.17, 15) is 18.5 Å². The minimum absolute atomic E-state index is 0.0725. The summed E-state index contributed by atoms with van der Waals surface area (Å²) < 4.78 is 26.5. The Morgan fingerprint density at radius 2 is 2.10 bits per heavy atom. The van der Waals surface area contributed by atoms with E-state index < -0.39 is 14.9 Å². The number of rotatable bonds is 5. The maximum Gasteiger partial charge on any atom is 0.270 e. The van der Waals surface area contributed by atoms with E-state index in [0.29, 0.717) is 12.8 Å². The summed E-state index contributed by atoms with van der Waals surface area (Å²) >= 11 is 5.79. The molecule has 0 heterocycles. The Balaban J connectivity index is 2.16. The highest BCUT2D eigenvalue weighted by atomic mass is 35.5. The lowest BCUT2D eigenvalue weighted by Crippen LogP contribution is -2.38. The number of nitrogens with zero attached hydrogens (tertiary/aromatic N) is 1. The van der Waals surface area contributed by atoms with Crippen molar-refractivity contribution in [3.63, 3.8) is 0 Å². The Morgan fingerprint density at radius 3 is 2.65 bits per heavy atom. The third kappa shape index (κ3) is 3.26. The average molecular weight is 321 g/mol. The van der Waals surface area contributed by atoms with Crippen LogP contribution in [0.15, 0.2) is 23.1 Å². The van der Waals surface area contributed by atoms with E-state index in [0.717, 1.165) is 12.1 Å². The van der Waals surface area contributed by atoms with Crippen LogP contribution in [0.5, 0.6) is 0 Å². The number of hydrogen-bond acceptors (Lipinski definition) is 5. The molecule has 0 aromatic heterocycles. The molecule has 20 heavy (non-hydrogen) atoms. The molecule has 0 spiro atoms. The Labute approximate surface area is 120 Å². The molecule has 0 saturated heterocycles. The minimum atomic E-state index is -3.90. The van der Waals surface area contributed by atoms with Crippen molar-refractivity contribution in [3.05, 3.63) is 33.3 Å². The van der Waals surface area contributed by atoms with Crippen LogP contribution in [0.4, 0.5) is 5.69 Å². The van der Waals surface area contributed by atoms with Crippen LogP contribution in [0.1, 0.15) is 12.8 Å². The fourth-order valence-corrected chi connectivity index (χ4v) is 3.62. The predicted octanol–water partition coefficient (Wildman–Crippen LogP) is 1.30. The lowest BCUT2D eigenvalue weighted by atomic mass is 9.83. The summed E-state index contributed by atoms with van der Waals surface area (Å²) in [7, 11) is -3.90. The van der Waals surface area contributed by atoms with Gasteiger partial charge in [0.05, 0.1) is 16.0 Å². The standard InChI is InChI=1S/C11H13ClN2O5S/c12-10-2-1-8(14(16)17)5-11(10)20(18,19)13-6-7-3-9(15)4-7/h1-2,5,7,9,13,15H,3-4,6H2. The Hall–Kier alpha value is -1.22. The maximum absolute atomic E-state index is 12.1. The van der Waals surface area contributed by atoms with Gasteiger partial charge in [0, 0.05) is 18.7 Å². The lowest BCUT2D eigenvalue weighted by Gasteiger charge is -2.31. The first-order valence-electron chi connectivity index (χ1n) is 5.91. The largest absolute Gasteiger partial charge is 0.393 e. The molecule has 1 fully saturated rings. The summed E-state index contributed by atoms with van der Waals surface area (Å²) in [6, 6.07) is 3.26. The number of nitro groups is 1. The Bertz CT molecular complexity index is 628. The number of nitro benzene ring substituents is 1. The summed E-state index contributed by atoms with van der Waals surface area (Å²) in [4.78, 5) is 9.67. The van der Waals surface area contributed by atoms with Gasteiger partial charge in [-0.05, 0) is 24.8 Å². The van der Waals surface area contributed by atoms with E-state index in [4.69, 9.17) is 16.7 Å². The van der Waals surface area contributed by atoms with E-state index in [1.807, 2.05) is 0 Å². The van der Waals surface area contributed by atoms with Crippen LogP contribution in [0, 0.1) is 16.0 Å². The summed E-state index contributed by atoms with van der Waals surface area (Å²) in [6.07, 6.45) is 0.724. The van der Waals surface area contributed by atoms with Gasteiger partial charge in [-0.2, -0.15) is 0 Å². The first-order valence-corrected chi connectivity index (χ1v) is 7.77. The third-order valence-corrected chi connectivity index (χ3v) is 5.09. The van der Waals surface area contributed by atoms with E-state index >= 15 is 0 Å². The van der Waals surface area contributed by atoms with Crippen LogP contribution >= 0.6 is 11.6 Å². The molecule has 1 aromatic rings. The lowest BCUT2D eigenvalue weighted by molar-refractivity contribution is -0.385. The molecular formula is C11H13ClN2O5S. The zero-order valence-corrected chi connectivity index (χ0v) is 11.9. The first kappa shape index (κ1) is 15.2. The second-order valence-corrected chi connectivity index (χ2v) is 6.86. The van der Waals surface area contributed by atoms with E-state index in [1.165, 1.54) is 6.07 Å². The highest BCUT2D eigenvalue weighted by molar-refractivity contribution is 7.89. The van der Waals surface area contributed by atoms with Gasteiger partial charge in [0.2, 0.25) is 10.0 Å². The number of non-ortho nitro benzene ring substituents is 1. The van der Waals surface area contributed by atoms with Gasteiger partial charge in [0.15, 0.2) is 0 Å². The molecule has 2 rings (SSSR count). The molecule has 1 aromatic carbocycles. The molecular weight excluding hydrogens is 308 g/mol. The van der Waals surface area contributed by atoms with Gasteiger partial charge >= 0.3 is 0 Å². The van der Waals surface area contributed by atoms with Crippen molar-refractivity contribution < 1.29 is 18.4 Å². The second kappa shape index (κ2) is 5.65. The van der Waals surface area contributed by atoms with Gasteiger partial charge in [-0.1, -0.05) is 11.6 Å². The second-order valence-electron chi connectivity index (χ2n) is 4.71. The van der Waals surface area contributed by atoms with Crippen molar-refractivity contribution in [2.75, 3.05) is 6.54 Å². The van der Waals surface area contributed by atoms with Crippen molar-refractivity contribution in [2.45, 2.75) is 23.8 Å². The number of aliphatic hydroxyl groups is 1. The molecule has 0 atom stereocenters. The van der Waals surface area contributed by atoms with Crippen LogP contribution in [0.25, 0.3) is 0 Å². The zero-order chi connectivity index (χ0) is 14.9. The van der Waals surface area contributed by atoms with Crippen molar-refractivity contribution >= 4 is 27.3 Å². The van der Waals surface area contributed by atoms with E-state index in [-0.39, 0.29) is 34.2 Å². The summed E-state index contributed by atoms with van der Waals surface area (Å²) in [5, 5.41) is 19.7. The number of sulfonamides is 1. The molecule has 7 nitrogen and oxygen atoms in total. The first-order chi connectivity index (χ1) is 9.29. The average Bonchev–Trinajstić information content (AvgIpc) is 2.33. The summed E-state index contributed by atoms with van der Waals surface area (Å²) in [6.45, 7) is 0.179. The number of hydrogen-bond donors (Lipinski definition) is 2. The highest BCUT2D eigenvalue weighted by Crippen LogP contribution is 2.28. The van der Waals surface area contributed by atoms with Gasteiger partial charge in [0.1, 0.15) is 4.90 Å². The van der Waals surface area contributed by atoms with Gasteiger partial charge in [0.25, 0.3) is 5.69 Å². The molecule has 0 amide bonds. The molecule has 1 aliphatic carbocycles. The molecule has 1 aliphatic rings. The molecule has 2 N–H and O–H groups in total. The molecule has 0 bridgehead atoms. The van der Waals surface area contributed by atoms with Crippen LogP contribution in [-0.4, -0.2) is 31.1 Å². The number of aliphatic hydroxyl groups excluding tert-OH is 1. The summed E-state index contributed by atoms with van der Waals surface area (Å²) in [5.74, 6) is 0.0808. The molecule has 0 unspecified atom stereocenters. The fraction of sp³-hybridized carbons (Fsp3) is 0.455. The van der Waals surface area contributed by atoms with Crippen LogP contribution < -0.4 is 4.72 Å². The minimum Gasteiger partial charge on any atom is -0.393 e. The monoisotopic (exact) mass is 320 g/mol. The maximum atomic E-state index is 12.1. The number of halogens is 1. The van der Waals surface area contributed by atoms with Crippen LogP contribution in [0.3, 0.4) is 0 Å². The third-order valence-electron chi connectivity index (χ3n) is 3.19. The molecule has 110 valence electrons. The van der Waals surface area contributed by atoms with Crippen molar-refractivity contribution in [3.8, 4) is 0 Å². The van der Waals surface area contributed by atoms with Crippen molar-refractivity contribution in [1.82, 2.24) is 4.72 Å². The van der Waals surface area contributed by atoms with E-state index in [2.05, 4.69) is 4.72 Å². The van der Waals surface area contributed by atoms with E-state index in [1.54, 1.807) is 0 Å². The molecule has 0 radical (unpaired) electrons. The van der Waals surface area contributed by atoms with Gasteiger partial charge < -0.3 is 5.11 Å². The normalized spacial score (nSPS) is 22.3. The number of benzene rings is 1. The zero-order valence-electron chi connectivity index (χ0n) is 10.3.